The molecule has 4 N–H and O–H groups in total. The van der Waals surface area contributed by atoms with Crippen LogP contribution in [0.2, 0.25) is 0 Å². The highest BCUT2D eigenvalue weighted by Gasteiger charge is 2.23. The van der Waals surface area contributed by atoms with Crippen molar-refractivity contribution in [1.82, 2.24) is 10.0 Å². The Labute approximate surface area is 150 Å². The van der Waals surface area contributed by atoms with E-state index in [2.05, 4.69) is 23.9 Å². The molecule has 1 fully saturated rings. The van der Waals surface area contributed by atoms with Gasteiger partial charge in [0.1, 0.15) is 0 Å². The lowest BCUT2D eigenvalue weighted by Gasteiger charge is -2.19. The molecule has 0 spiro atoms. The summed E-state index contributed by atoms with van der Waals surface area (Å²) in [5.41, 5.74) is 6.05. The van der Waals surface area contributed by atoms with E-state index >= 15 is 0 Å². The van der Waals surface area contributed by atoms with Crippen LogP contribution in [0.5, 0.6) is 0 Å². The fourth-order valence-corrected chi connectivity index (χ4v) is 4.54. The summed E-state index contributed by atoms with van der Waals surface area (Å²) in [5, 5.41) is 2.89. The molecule has 25 heavy (non-hydrogen) atoms. The summed E-state index contributed by atoms with van der Waals surface area (Å²) >= 11 is 0. The molecule has 1 unspecified atom stereocenters. The smallest absolute Gasteiger partial charge is 0.251 e. The Morgan fingerprint density at radius 2 is 1.96 bits per heavy atom. The SMILES string of the molecule is CC(C)CC(CN)NC(=O)c1cccc(S(=O)(=O)NC2CCCC2)c1. The first-order valence-corrected chi connectivity index (χ1v) is 10.4. The number of sulfonamides is 1. The van der Waals surface area contributed by atoms with Gasteiger partial charge in [-0.3, -0.25) is 4.79 Å². The van der Waals surface area contributed by atoms with Crippen molar-refractivity contribution in [2.75, 3.05) is 6.54 Å². The second-order valence-electron chi connectivity index (χ2n) is 7.17. The minimum absolute atomic E-state index is 0.00450. The average molecular weight is 368 g/mol. The first kappa shape index (κ1) is 19.9. The van der Waals surface area contributed by atoms with Gasteiger partial charge in [0.05, 0.1) is 4.90 Å². The maximum absolute atomic E-state index is 12.5. The highest BCUT2D eigenvalue weighted by atomic mass is 32.2. The van der Waals surface area contributed by atoms with Crippen molar-refractivity contribution in [2.45, 2.75) is 62.9 Å². The van der Waals surface area contributed by atoms with Crippen molar-refractivity contribution < 1.29 is 13.2 Å². The van der Waals surface area contributed by atoms with E-state index in [0.717, 1.165) is 32.1 Å². The maximum Gasteiger partial charge on any atom is 0.251 e. The van der Waals surface area contributed by atoms with Gasteiger partial charge in [0.2, 0.25) is 10.0 Å². The highest BCUT2D eigenvalue weighted by molar-refractivity contribution is 7.89. The van der Waals surface area contributed by atoms with Crippen molar-refractivity contribution in [3.8, 4) is 0 Å². The summed E-state index contributed by atoms with van der Waals surface area (Å²) in [6, 6.07) is 6.03. The number of rotatable bonds is 8. The molecule has 0 heterocycles. The van der Waals surface area contributed by atoms with E-state index in [1.807, 2.05) is 0 Å². The summed E-state index contributed by atoms with van der Waals surface area (Å²) in [4.78, 5) is 12.6. The lowest BCUT2D eigenvalue weighted by molar-refractivity contribution is 0.0933. The number of carbonyl (C=O) groups is 1. The molecule has 0 aliphatic heterocycles. The zero-order chi connectivity index (χ0) is 18.4. The predicted octanol–water partition coefficient (Wildman–Crippen LogP) is 2.01. The lowest BCUT2D eigenvalue weighted by atomic mass is 10.0. The van der Waals surface area contributed by atoms with Crippen LogP contribution in [0.3, 0.4) is 0 Å². The van der Waals surface area contributed by atoms with Crippen LogP contribution in [0, 0.1) is 5.92 Å². The molecule has 1 aromatic rings. The Morgan fingerprint density at radius 3 is 2.56 bits per heavy atom. The second kappa shape index (κ2) is 8.78. The van der Waals surface area contributed by atoms with Crippen LogP contribution in [0.4, 0.5) is 0 Å². The fraction of sp³-hybridized carbons (Fsp3) is 0.611. The number of carbonyl (C=O) groups excluding carboxylic acids is 1. The zero-order valence-corrected chi connectivity index (χ0v) is 15.8. The van der Waals surface area contributed by atoms with E-state index in [4.69, 9.17) is 5.73 Å². The molecule has 7 heteroatoms. The Bertz CT molecular complexity index is 683. The number of amides is 1. The number of benzene rings is 1. The molecular formula is C18H29N3O3S. The molecule has 0 radical (unpaired) electrons. The largest absolute Gasteiger partial charge is 0.348 e. The van der Waals surface area contributed by atoms with Crippen LogP contribution in [-0.2, 0) is 10.0 Å². The van der Waals surface area contributed by atoms with Gasteiger partial charge in [0.15, 0.2) is 0 Å². The van der Waals surface area contributed by atoms with Gasteiger partial charge in [-0.2, -0.15) is 0 Å². The first-order chi connectivity index (χ1) is 11.8. The second-order valence-corrected chi connectivity index (χ2v) is 8.88. The van der Waals surface area contributed by atoms with Gasteiger partial charge >= 0.3 is 0 Å². The standard InChI is InChI=1S/C18H29N3O3S/c1-13(2)10-16(12-19)20-18(22)14-6-5-9-17(11-14)25(23,24)21-15-7-3-4-8-15/h5-6,9,11,13,15-16,21H,3-4,7-8,10,12,19H2,1-2H3,(H,20,22). The molecule has 2 rings (SSSR count). The predicted molar refractivity (Wildman–Crippen MR) is 98.8 cm³/mol. The van der Waals surface area contributed by atoms with Crippen molar-refractivity contribution in [3.05, 3.63) is 29.8 Å². The number of hydrogen-bond acceptors (Lipinski definition) is 4. The molecule has 1 aliphatic rings. The van der Waals surface area contributed by atoms with Crippen molar-refractivity contribution in [2.24, 2.45) is 11.7 Å². The van der Waals surface area contributed by atoms with E-state index in [1.165, 1.54) is 12.1 Å². The average Bonchev–Trinajstić information content (AvgIpc) is 3.06. The molecule has 0 bridgehead atoms. The van der Waals surface area contributed by atoms with Gasteiger partial charge < -0.3 is 11.1 Å². The van der Waals surface area contributed by atoms with E-state index in [-0.39, 0.29) is 22.9 Å². The zero-order valence-electron chi connectivity index (χ0n) is 15.0. The minimum atomic E-state index is -3.61. The van der Waals surface area contributed by atoms with Crippen molar-refractivity contribution in [3.63, 3.8) is 0 Å². The van der Waals surface area contributed by atoms with Gasteiger partial charge in [0, 0.05) is 24.2 Å². The summed E-state index contributed by atoms with van der Waals surface area (Å²) < 4.78 is 27.8. The number of nitrogens with two attached hydrogens (primary N) is 1. The summed E-state index contributed by atoms with van der Waals surface area (Å²) in [6.45, 7) is 4.48. The Balaban J connectivity index is 2.10. The third-order valence-corrected chi connectivity index (χ3v) is 5.98. The van der Waals surface area contributed by atoms with Gasteiger partial charge in [0.25, 0.3) is 5.91 Å². The molecule has 1 aromatic carbocycles. The third-order valence-electron chi connectivity index (χ3n) is 4.46. The minimum Gasteiger partial charge on any atom is -0.348 e. The summed E-state index contributed by atoms with van der Waals surface area (Å²) in [5.74, 6) is 0.116. The van der Waals surface area contributed by atoms with Gasteiger partial charge in [-0.25, -0.2) is 13.1 Å². The van der Waals surface area contributed by atoms with E-state index in [1.54, 1.807) is 12.1 Å². The molecule has 1 saturated carbocycles. The van der Waals surface area contributed by atoms with Crippen LogP contribution < -0.4 is 15.8 Å². The van der Waals surface area contributed by atoms with Gasteiger partial charge in [-0.1, -0.05) is 32.8 Å². The Morgan fingerprint density at radius 1 is 1.28 bits per heavy atom. The first-order valence-electron chi connectivity index (χ1n) is 8.95. The maximum atomic E-state index is 12.5. The third kappa shape index (κ3) is 5.80. The van der Waals surface area contributed by atoms with Crippen LogP contribution >= 0.6 is 0 Å². The quantitative estimate of drug-likeness (QED) is 0.654. The normalized spacial score (nSPS) is 17.0. The Kier molecular flexibility index (Phi) is 6.98. The molecule has 1 atom stereocenters. The summed E-state index contributed by atoms with van der Waals surface area (Å²) in [7, 11) is -3.61. The molecule has 1 aliphatic carbocycles. The van der Waals surface area contributed by atoms with Gasteiger partial charge in [-0.05, 0) is 43.4 Å². The molecule has 0 saturated heterocycles. The Hall–Kier alpha value is -1.44. The molecule has 140 valence electrons. The molecular weight excluding hydrogens is 338 g/mol. The van der Waals surface area contributed by atoms with Crippen LogP contribution in [0.25, 0.3) is 0 Å². The van der Waals surface area contributed by atoms with Crippen molar-refractivity contribution >= 4 is 15.9 Å². The van der Waals surface area contributed by atoms with E-state index in [9.17, 15) is 13.2 Å². The number of hydrogen-bond donors (Lipinski definition) is 3. The van der Waals surface area contributed by atoms with E-state index in [0.29, 0.717) is 18.0 Å². The van der Waals surface area contributed by atoms with Crippen LogP contribution in [0.1, 0.15) is 56.3 Å². The van der Waals surface area contributed by atoms with E-state index < -0.39 is 10.0 Å². The monoisotopic (exact) mass is 367 g/mol. The van der Waals surface area contributed by atoms with Crippen LogP contribution in [-0.4, -0.2) is 33.0 Å². The highest BCUT2D eigenvalue weighted by Crippen LogP contribution is 2.21. The fourth-order valence-electron chi connectivity index (χ4n) is 3.19. The summed E-state index contributed by atoms with van der Waals surface area (Å²) in [6.07, 6.45) is 4.61. The van der Waals surface area contributed by atoms with Gasteiger partial charge in [-0.15, -0.1) is 0 Å². The molecule has 6 nitrogen and oxygen atoms in total. The van der Waals surface area contributed by atoms with Crippen LogP contribution in [0.15, 0.2) is 29.2 Å². The lowest BCUT2D eigenvalue weighted by Crippen LogP contribution is -2.41. The van der Waals surface area contributed by atoms with Crippen molar-refractivity contribution in [1.29, 1.82) is 0 Å². The topological polar surface area (TPSA) is 101 Å². The molecule has 0 aromatic heterocycles. The molecule has 1 amide bonds. The number of nitrogens with one attached hydrogen (secondary N) is 2.